The summed E-state index contributed by atoms with van der Waals surface area (Å²) in [6.07, 6.45) is 3.26. The fourth-order valence-corrected chi connectivity index (χ4v) is 0.620. The first-order valence-electron chi connectivity index (χ1n) is 2.80. The molecular formula is C7H13N3. The Kier molecular flexibility index (Phi) is 3.57. The maximum Gasteiger partial charge on any atom is 0.115 e. The second-order valence-corrected chi connectivity index (χ2v) is 1.84. The van der Waals surface area contributed by atoms with Crippen LogP contribution < -0.4 is 5.73 Å². The Morgan fingerprint density at radius 2 is 2.30 bits per heavy atom. The standard InChI is InChI=1S/C6H9N3.CH4/c1-5-6(2-7)3-8-4-9-5;/h3-4H,2,7H2,1H3;1H4. The zero-order valence-electron chi connectivity index (χ0n) is 5.33. The monoisotopic (exact) mass is 139 g/mol. The highest BCUT2D eigenvalue weighted by atomic mass is 14.8. The van der Waals surface area contributed by atoms with Gasteiger partial charge in [0.2, 0.25) is 0 Å². The number of hydrogen-bond donors (Lipinski definition) is 1. The first-order valence-corrected chi connectivity index (χ1v) is 2.80. The predicted molar refractivity (Wildman–Crippen MR) is 41.4 cm³/mol. The molecule has 56 valence electrons. The summed E-state index contributed by atoms with van der Waals surface area (Å²) in [6, 6.07) is 0. The third kappa shape index (κ3) is 1.77. The third-order valence-corrected chi connectivity index (χ3v) is 1.23. The van der Waals surface area contributed by atoms with E-state index in [2.05, 4.69) is 9.97 Å². The number of nitrogens with zero attached hydrogens (tertiary/aromatic N) is 2. The molecule has 1 heterocycles. The molecule has 0 saturated heterocycles. The van der Waals surface area contributed by atoms with E-state index < -0.39 is 0 Å². The second-order valence-electron chi connectivity index (χ2n) is 1.84. The van der Waals surface area contributed by atoms with Crippen LogP contribution in [0.5, 0.6) is 0 Å². The summed E-state index contributed by atoms with van der Waals surface area (Å²) in [5, 5.41) is 0. The smallest absolute Gasteiger partial charge is 0.115 e. The molecule has 1 rings (SSSR count). The summed E-state index contributed by atoms with van der Waals surface area (Å²) in [5.41, 5.74) is 7.35. The van der Waals surface area contributed by atoms with Crippen LogP contribution in [0.3, 0.4) is 0 Å². The quantitative estimate of drug-likeness (QED) is 0.628. The molecule has 0 bridgehead atoms. The maximum absolute atomic E-state index is 5.37. The summed E-state index contributed by atoms with van der Waals surface area (Å²) < 4.78 is 0. The van der Waals surface area contributed by atoms with Crippen LogP contribution in [0, 0.1) is 6.92 Å². The zero-order valence-corrected chi connectivity index (χ0v) is 5.33. The van der Waals surface area contributed by atoms with E-state index in [1.807, 2.05) is 6.92 Å². The summed E-state index contributed by atoms with van der Waals surface area (Å²) >= 11 is 0. The van der Waals surface area contributed by atoms with Crippen LogP contribution >= 0.6 is 0 Å². The zero-order chi connectivity index (χ0) is 6.69. The van der Waals surface area contributed by atoms with E-state index in [9.17, 15) is 0 Å². The average Bonchev–Trinajstić information content (AvgIpc) is 1.89. The van der Waals surface area contributed by atoms with Gasteiger partial charge < -0.3 is 5.73 Å². The number of aryl methyl sites for hydroxylation is 1. The van der Waals surface area contributed by atoms with Gasteiger partial charge in [-0.3, -0.25) is 0 Å². The van der Waals surface area contributed by atoms with Crippen molar-refractivity contribution in [2.45, 2.75) is 20.9 Å². The van der Waals surface area contributed by atoms with Crippen LogP contribution in [-0.4, -0.2) is 9.97 Å². The van der Waals surface area contributed by atoms with Gasteiger partial charge in [-0.25, -0.2) is 9.97 Å². The Balaban J connectivity index is 0.000000810. The molecule has 3 heteroatoms. The van der Waals surface area contributed by atoms with Gasteiger partial charge in [0.05, 0.1) is 0 Å². The van der Waals surface area contributed by atoms with Gasteiger partial charge in [0.25, 0.3) is 0 Å². The van der Waals surface area contributed by atoms with Crippen LogP contribution in [0.15, 0.2) is 12.5 Å². The largest absolute Gasteiger partial charge is 0.326 e. The summed E-state index contributed by atoms with van der Waals surface area (Å²) in [4.78, 5) is 7.78. The SMILES string of the molecule is C.Cc1ncncc1CN. The maximum atomic E-state index is 5.37. The Morgan fingerprint density at radius 1 is 1.60 bits per heavy atom. The highest BCUT2D eigenvalue weighted by Crippen LogP contribution is 1.97. The normalized spacial score (nSPS) is 8.60. The molecule has 0 fully saturated rings. The van der Waals surface area contributed by atoms with E-state index in [0.717, 1.165) is 11.3 Å². The molecule has 0 spiro atoms. The fourth-order valence-electron chi connectivity index (χ4n) is 0.620. The minimum Gasteiger partial charge on any atom is -0.326 e. The van der Waals surface area contributed by atoms with Crippen molar-refractivity contribution in [3.8, 4) is 0 Å². The lowest BCUT2D eigenvalue weighted by Gasteiger charge is -1.96. The lowest BCUT2D eigenvalue weighted by atomic mass is 10.2. The van der Waals surface area contributed by atoms with Crippen molar-refractivity contribution in [3.05, 3.63) is 23.8 Å². The van der Waals surface area contributed by atoms with E-state index in [-0.39, 0.29) is 7.43 Å². The lowest BCUT2D eigenvalue weighted by molar-refractivity contribution is 0.967. The molecule has 10 heavy (non-hydrogen) atoms. The van der Waals surface area contributed by atoms with E-state index in [0.29, 0.717) is 6.54 Å². The van der Waals surface area contributed by atoms with Crippen molar-refractivity contribution in [1.82, 2.24) is 9.97 Å². The Labute approximate surface area is 61.3 Å². The van der Waals surface area contributed by atoms with Crippen LogP contribution in [-0.2, 0) is 6.54 Å². The average molecular weight is 139 g/mol. The van der Waals surface area contributed by atoms with Gasteiger partial charge in [-0.05, 0) is 6.92 Å². The highest BCUT2D eigenvalue weighted by molar-refractivity contribution is 5.12. The molecular weight excluding hydrogens is 126 g/mol. The van der Waals surface area contributed by atoms with Crippen LogP contribution in [0.1, 0.15) is 18.7 Å². The number of hydrogen-bond acceptors (Lipinski definition) is 3. The molecule has 0 radical (unpaired) electrons. The van der Waals surface area contributed by atoms with Crippen LogP contribution in [0.25, 0.3) is 0 Å². The Bertz CT molecular complexity index is 198. The molecule has 0 aliphatic carbocycles. The van der Waals surface area contributed by atoms with Gasteiger partial charge in [-0.2, -0.15) is 0 Å². The summed E-state index contributed by atoms with van der Waals surface area (Å²) in [5.74, 6) is 0. The van der Waals surface area contributed by atoms with Gasteiger partial charge in [0, 0.05) is 24.0 Å². The Morgan fingerprint density at radius 3 is 2.70 bits per heavy atom. The van der Waals surface area contributed by atoms with Gasteiger partial charge in [0.15, 0.2) is 0 Å². The van der Waals surface area contributed by atoms with Crippen molar-refractivity contribution in [3.63, 3.8) is 0 Å². The molecule has 0 aliphatic rings. The molecule has 1 aromatic heterocycles. The molecule has 0 amide bonds. The molecule has 0 aliphatic heterocycles. The van der Waals surface area contributed by atoms with Crippen LogP contribution in [0.2, 0.25) is 0 Å². The summed E-state index contributed by atoms with van der Waals surface area (Å²) in [7, 11) is 0. The van der Waals surface area contributed by atoms with E-state index >= 15 is 0 Å². The molecule has 1 aromatic rings. The van der Waals surface area contributed by atoms with E-state index in [4.69, 9.17) is 5.73 Å². The van der Waals surface area contributed by atoms with Gasteiger partial charge >= 0.3 is 0 Å². The van der Waals surface area contributed by atoms with Gasteiger partial charge in [-0.1, -0.05) is 7.43 Å². The second kappa shape index (κ2) is 3.95. The third-order valence-electron chi connectivity index (χ3n) is 1.23. The van der Waals surface area contributed by atoms with Crippen molar-refractivity contribution in [2.24, 2.45) is 5.73 Å². The minimum atomic E-state index is 0. The van der Waals surface area contributed by atoms with E-state index in [1.165, 1.54) is 6.33 Å². The Hall–Kier alpha value is -0.960. The van der Waals surface area contributed by atoms with Gasteiger partial charge in [0.1, 0.15) is 6.33 Å². The van der Waals surface area contributed by atoms with Crippen LogP contribution in [0.4, 0.5) is 0 Å². The van der Waals surface area contributed by atoms with Crippen molar-refractivity contribution < 1.29 is 0 Å². The predicted octanol–water partition coefficient (Wildman–Crippen LogP) is 0.880. The number of nitrogens with two attached hydrogens (primary N) is 1. The fraction of sp³-hybridized carbons (Fsp3) is 0.429. The lowest BCUT2D eigenvalue weighted by Crippen LogP contribution is -2.00. The highest BCUT2D eigenvalue weighted by Gasteiger charge is 1.92. The molecule has 0 aromatic carbocycles. The van der Waals surface area contributed by atoms with Gasteiger partial charge in [-0.15, -0.1) is 0 Å². The van der Waals surface area contributed by atoms with Crippen molar-refractivity contribution in [2.75, 3.05) is 0 Å². The first kappa shape index (κ1) is 9.04. The number of rotatable bonds is 1. The number of aromatic nitrogens is 2. The molecule has 0 saturated carbocycles. The van der Waals surface area contributed by atoms with E-state index in [1.54, 1.807) is 6.20 Å². The van der Waals surface area contributed by atoms with Crippen molar-refractivity contribution in [1.29, 1.82) is 0 Å². The minimum absolute atomic E-state index is 0. The molecule has 2 N–H and O–H groups in total. The molecule has 3 nitrogen and oxygen atoms in total. The van der Waals surface area contributed by atoms with Crippen molar-refractivity contribution >= 4 is 0 Å². The first-order chi connectivity index (χ1) is 4.34. The topological polar surface area (TPSA) is 51.8 Å². The summed E-state index contributed by atoms with van der Waals surface area (Å²) in [6.45, 7) is 2.44. The molecule has 0 atom stereocenters. The molecule has 0 unspecified atom stereocenters.